The number of H-pyrrole nitrogens is 2. The van der Waals surface area contributed by atoms with Gasteiger partial charge in [-0.1, -0.05) is 32.0 Å². The second-order valence-corrected chi connectivity index (χ2v) is 10.3. The van der Waals surface area contributed by atoms with Crippen molar-refractivity contribution in [3.8, 4) is 33.0 Å². The lowest BCUT2D eigenvalue weighted by molar-refractivity contribution is 0.176. The summed E-state index contributed by atoms with van der Waals surface area (Å²) in [6.45, 7) is 4.16. The highest BCUT2D eigenvalue weighted by atomic mass is 32.1. The van der Waals surface area contributed by atoms with Crippen LogP contribution in [0.15, 0.2) is 72.5 Å². The third-order valence-electron chi connectivity index (χ3n) is 6.22. The largest absolute Gasteiger partial charge is 0.374 e. The zero-order chi connectivity index (χ0) is 24.6. The van der Waals surface area contributed by atoms with Crippen LogP contribution in [0.4, 0.5) is 5.69 Å². The van der Waals surface area contributed by atoms with Crippen molar-refractivity contribution >= 4 is 39.0 Å². The standard InChI is InChI=1S/C28H26N6OS/c1-16(2)9-26(35)31-19-10-17(13-29-15-19)18-11-22-27(33-34-28(22)30-14-18)24-12-21-20(25-7-4-8-36-25)5-3-6-23(21)32-24/h3-8,10-16,26,31-32,35H,9H2,1-2H3,(H,30,33,34). The van der Waals surface area contributed by atoms with Crippen LogP contribution >= 0.6 is 11.3 Å². The van der Waals surface area contributed by atoms with Gasteiger partial charge in [0.05, 0.1) is 17.6 Å². The Hall–Kier alpha value is -4.01. The van der Waals surface area contributed by atoms with Crippen LogP contribution in [0.2, 0.25) is 0 Å². The van der Waals surface area contributed by atoms with Gasteiger partial charge in [0.2, 0.25) is 0 Å². The topological polar surface area (TPSA) is 103 Å². The Morgan fingerprint density at radius 1 is 1.00 bits per heavy atom. The Bertz CT molecular complexity index is 1650. The van der Waals surface area contributed by atoms with Crippen molar-refractivity contribution in [3.05, 3.63) is 72.5 Å². The molecule has 0 amide bonds. The molecule has 4 N–H and O–H groups in total. The van der Waals surface area contributed by atoms with Crippen LogP contribution < -0.4 is 5.32 Å². The van der Waals surface area contributed by atoms with Crippen LogP contribution in [-0.4, -0.2) is 36.5 Å². The van der Waals surface area contributed by atoms with Crippen LogP contribution in [0.5, 0.6) is 0 Å². The number of aliphatic hydroxyl groups is 1. The molecule has 1 unspecified atom stereocenters. The fraction of sp³-hybridized carbons (Fsp3) is 0.179. The molecule has 5 aromatic heterocycles. The van der Waals surface area contributed by atoms with E-state index in [1.807, 2.05) is 12.3 Å². The molecule has 0 saturated heterocycles. The molecule has 0 bridgehead atoms. The zero-order valence-corrected chi connectivity index (χ0v) is 20.8. The van der Waals surface area contributed by atoms with E-state index in [1.54, 1.807) is 23.7 Å². The van der Waals surface area contributed by atoms with E-state index in [1.165, 1.54) is 10.4 Å². The van der Waals surface area contributed by atoms with Gasteiger partial charge in [0.25, 0.3) is 0 Å². The first-order valence-electron chi connectivity index (χ1n) is 12.0. The Labute approximate surface area is 212 Å². The van der Waals surface area contributed by atoms with Gasteiger partial charge in [0.1, 0.15) is 11.9 Å². The average molecular weight is 495 g/mol. The van der Waals surface area contributed by atoms with Crippen LogP contribution in [0, 0.1) is 5.92 Å². The maximum atomic E-state index is 10.3. The van der Waals surface area contributed by atoms with Crippen LogP contribution in [0.3, 0.4) is 0 Å². The second-order valence-electron chi connectivity index (χ2n) is 9.37. The first-order valence-corrected chi connectivity index (χ1v) is 12.8. The monoisotopic (exact) mass is 494 g/mol. The number of fused-ring (bicyclic) bond motifs is 2. The SMILES string of the molecule is CC(C)CC(O)Nc1cncc(-c2cnc3[nH]nc(-c4cc5c(-c6cccs6)cccc5[nH]4)c3c2)c1. The summed E-state index contributed by atoms with van der Waals surface area (Å²) in [5, 5.41) is 25.3. The quantitative estimate of drug-likeness (QED) is 0.186. The average Bonchev–Trinajstić information content (AvgIpc) is 3.62. The van der Waals surface area contributed by atoms with Crippen molar-refractivity contribution in [2.75, 3.05) is 5.32 Å². The van der Waals surface area contributed by atoms with Crippen molar-refractivity contribution in [1.82, 2.24) is 25.1 Å². The van der Waals surface area contributed by atoms with E-state index >= 15 is 0 Å². The molecule has 0 aliphatic carbocycles. The predicted molar refractivity (Wildman–Crippen MR) is 147 cm³/mol. The minimum Gasteiger partial charge on any atom is -0.374 e. The van der Waals surface area contributed by atoms with Crippen molar-refractivity contribution in [2.45, 2.75) is 26.5 Å². The highest BCUT2D eigenvalue weighted by Crippen LogP contribution is 2.36. The molecule has 0 aliphatic heterocycles. The second kappa shape index (κ2) is 9.22. The number of aromatic amines is 2. The number of nitrogens with zero attached hydrogens (tertiary/aromatic N) is 3. The summed E-state index contributed by atoms with van der Waals surface area (Å²) in [6.07, 6.45) is 5.38. The third-order valence-corrected chi connectivity index (χ3v) is 7.12. The highest BCUT2D eigenvalue weighted by Gasteiger charge is 2.16. The van der Waals surface area contributed by atoms with Gasteiger partial charge in [0, 0.05) is 50.3 Å². The van der Waals surface area contributed by atoms with Crippen LogP contribution in [-0.2, 0) is 0 Å². The molecule has 5 heterocycles. The summed E-state index contributed by atoms with van der Waals surface area (Å²) in [5.74, 6) is 0.390. The minimum absolute atomic E-state index is 0.390. The molecular weight excluding hydrogens is 468 g/mol. The van der Waals surface area contributed by atoms with Gasteiger partial charge in [-0.05, 0) is 48.1 Å². The molecule has 8 heteroatoms. The molecule has 36 heavy (non-hydrogen) atoms. The molecule has 0 spiro atoms. The Morgan fingerprint density at radius 3 is 2.72 bits per heavy atom. The Morgan fingerprint density at radius 2 is 1.89 bits per heavy atom. The van der Waals surface area contributed by atoms with E-state index in [-0.39, 0.29) is 0 Å². The number of thiophene rings is 1. The number of pyridine rings is 2. The van der Waals surface area contributed by atoms with Crippen LogP contribution in [0.1, 0.15) is 20.3 Å². The lowest BCUT2D eigenvalue weighted by Crippen LogP contribution is -2.20. The third kappa shape index (κ3) is 4.25. The lowest BCUT2D eigenvalue weighted by atomic mass is 10.1. The normalized spacial score (nSPS) is 12.6. The van der Waals surface area contributed by atoms with Gasteiger partial charge in [-0.25, -0.2) is 4.98 Å². The number of anilines is 1. The van der Waals surface area contributed by atoms with Crippen molar-refractivity contribution in [1.29, 1.82) is 0 Å². The molecule has 0 aliphatic rings. The summed E-state index contributed by atoms with van der Waals surface area (Å²) in [6, 6.07) is 16.8. The number of aliphatic hydroxyl groups excluding tert-OH is 1. The summed E-state index contributed by atoms with van der Waals surface area (Å²) >= 11 is 1.73. The van der Waals surface area contributed by atoms with E-state index in [9.17, 15) is 5.11 Å². The number of aromatic nitrogens is 5. The Balaban J connectivity index is 1.37. The number of benzene rings is 1. The molecule has 1 atom stereocenters. The fourth-order valence-electron chi connectivity index (χ4n) is 4.57. The molecule has 6 rings (SSSR count). The maximum absolute atomic E-state index is 10.3. The van der Waals surface area contributed by atoms with Crippen molar-refractivity contribution in [3.63, 3.8) is 0 Å². The van der Waals surface area contributed by atoms with Gasteiger partial charge in [-0.15, -0.1) is 11.3 Å². The molecule has 0 saturated carbocycles. The maximum Gasteiger partial charge on any atom is 0.155 e. The van der Waals surface area contributed by atoms with Crippen molar-refractivity contribution in [2.24, 2.45) is 5.92 Å². The molecule has 6 aromatic rings. The van der Waals surface area contributed by atoms with E-state index in [2.05, 4.69) is 92.2 Å². The molecule has 0 radical (unpaired) electrons. The smallest absolute Gasteiger partial charge is 0.155 e. The van der Waals surface area contributed by atoms with E-state index in [0.29, 0.717) is 12.3 Å². The van der Waals surface area contributed by atoms with E-state index in [4.69, 9.17) is 0 Å². The van der Waals surface area contributed by atoms with Crippen molar-refractivity contribution < 1.29 is 5.11 Å². The predicted octanol–water partition coefficient (Wildman–Crippen LogP) is 6.67. The number of hydrogen-bond acceptors (Lipinski definition) is 6. The fourth-order valence-corrected chi connectivity index (χ4v) is 5.34. The van der Waals surface area contributed by atoms with Gasteiger partial charge in [0.15, 0.2) is 5.65 Å². The minimum atomic E-state index is -0.621. The summed E-state index contributed by atoms with van der Waals surface area (Å²) in [4.78, 5) is 13.8. The number of hydrogen-bond donors (Lipinski definition) is 4. The first-order chi connectivity index (χ1) is 17.5. The number of rotatable bonds is 7. The number of nitrogens with one attached hydrogen (secondary N) is 3. The first kappa shape index (κ1) is 22.5. The molecule has 1 aromatic carbocycles. The van der Waals surface area contributed by atoms with Gasteiger partial charge >= 0.3 is 0 Å². The molecule has 180 valence electrons. The molecular formula is C28H26N6OS. The highest BCUT2D eigenvalue weighted by molar-refractivity contribution is 7.13. The summed E-state index contributed by atoms with van der Waals surface area (Å²) in [5.41, 5.74) is 7.36. The lowest BCUT2D eigenvalue weighted by Gasteiger charge is -2.16. The molecule has 0 fully saturated rings. The van der Waals surface area contributed by atoms with Crippen LogP contribution in [0.25, 0.3) is 54.9 Å². The summed E-state index contributed by atoms with van der Waals surface area (Å²) in [7, 11) is 0. The summed E-state index contributed by atoms with van der Waals surface area (Å²) < 4.78 is 0. The van der Waals surface area contributed by atoms with E-state index < -0.39 is 6.23 Å². The van der Waals surface area contributed by atoms with E-state index in [0.717, 1.165) is 50.1 Å². The zero-order valence-electron chi connectivity index (χ0n) is 20.0. The Kier molecular flexibility index (Phi) is 5.75. The van der Waals surface area contributed by atoms with Gasteiger partial charge in [-0.2, -0.15) is 5.10 Å². The molecule has 7 nitrogen and oxygen atoms in total. The van der Waals surface area contributed by atoms with Gasteiger partial charge < -0.3 is 15.4 Å². The van der Waals surface area contributed by atoms with Gasteiger partial charge in [-0.3, -0.25) is 10.1 Å².